The Morgan fingerprint density at radius 2 is 0.545 bits per heavy atom. The van der Waals surface area contributed by atoms with Crippen molar-refractivity contribution in [2.24, 2.45) is 0 Å². The van der Waals surface area contributed by atoms with Crippen LogP contribution >= 0.6 is 0 Å². The molecule has 0 aromatic heterocycles. The summed E-state index contributed by atoms with van der Waals surface area (Å²) in [5, 5.41) is 21.5. The van der Waals surface area contributed by atoms with E-state index in [1.165, 1.54) is 103 Å². The molecular formula is C18H41BO3. The van der Waals surface area contributed by atoms with E-state index in [1.807, 2.05) is 0 Å². The van der Waals surface area contributed by atoms with Crippen LogP contribution in [0, 0.1) is 0 Å². The van der Waals surface area contributed by atoms with Crippen molar-refractivity contribution in [1.82, 2.24) is 0 Å². The normalized spacial score (nSPS) is 10.2. The summed E-state index contributed by atoms with van der Waals surface area (Å²) in [7, 11) is -2.17. The first-order valence-corrected chi connectivity index (χ1v) is 9.69. The third-order valence-electron chi connectivity index (χ3n) is 3.96. The molecule has 0 aliphatic heterocycles. The van der Waals surface area contributed by atoms with Gasteiger partial charge in [0.25, 0.3) is 0 Å². The first kappa shape index (κ1) is 24.2. The zero-order valence-electron chi connectivity index (χ0n) is 15.2. The van der Waals surface area contributed by atoms with Crippen molar-refractivity contribution in [2.75, 3.05) is 0 Å². The van der Waals surface area contributed by atoms with Crippen molar-refractivity contribution in [1.29, 1.82) is 0 Å². The zero-order valence-corrected chi connectivity index (χ0v) is 15.2. The van der Waals surface area contributed by atoms with Crippen molar-refractivity contribution >= 4 is 7.32 Å². The summed E-state index contributed by atoms with van der Waals surface area (Å²) < 4.78 is 0. The molecule has 0 saturated heterocycles. The molecular weight excluding hydrogens is 275 g/mol. The quantitative estimate of drug-likeness (QED) is 0.287. The smallest absolute Gasteiger partial charge is 0.402 e. The first-order chi connectivity index (χ1) is 10.6. The highest BCUT2D eigenvalue weighted by Crippen LogP contribution is 2.13. The van der Waals surface area contributed by atoms with Gasteiger partial charge in [0, 0.05) is 0 Å². The fourth-order valence-corrected chi connectivity index (χ4v) is 2.62. The Labute approximate surface area is 139 Å². The Morgan fingerprint density at radius 3 is 0.682 bits per heavy atom. The molecule has 0 aliphatic carbocycles. The predicted octanol–water partition coefficient (Wildman–Crippen LogP) is 5.22. The molecule has 0 fully saturated rings. The summed E-state index contributed by atoms with van der Waals surface area (Å²) in [5.41, 5.74) is 0. The van der Waals surface area contributed by atoms with Crippen LogP contribution in [-0.2, 0) is 0 Å². The van der Waals surface area contributed by atoms with Crippen molar-refractivity contribution in [3.63, 3.8) is 0 Å². The predicted molar refractivity (Wildman–Crippen MR) is 97.6 cm³/mol. The summed E-state index contributed by atoms with van der Waals surface area (Å²) in [4.78, 5) is 0. The molecule has 0 rings (SSSR count). The molecule has 0 saturated carbocycles. The van der Waals surface area contributed by atoms with Crippen LogP contribution in [0.25, 0.3) is 0 Å². The molecule has 0 amide bonds. The van der Waals surface area contributed by atoms with Crippen molar-refractivity contribution < 1.29 is 15.1 Å². The van der Waals surface area contributed by atoms with E-state index in [1.54, 1.807) is 0 Å². The van der Waals surface area contributed by atoms with E-state index in [4.69, 9.17) is 15.1 Å². The van der Waals surface area contributed by atoms with E-state index in [-0.39, 0.29) is 0 Å². The molecule has 3 nitrogen and oxygen atoms in total. The summed E-state index contributed by atoms with van der Waals surface area (Å²) in [6.45, 7) is 4.59. The molecule has 0 unspecified atom stereocenters. The highest BCUT2D eigenvalue weighted by molar-refractivity contribution is 6.30. The maximum absolute atomic E-state index is 7.17. The van der Waals surface area contributed by atoms with Crippen LogP contribution in [0.2, 0.25) is 0 Å². The third-order valence-corrected chi connectivity index (χ3v) is 3.96. The van der Waals surface area contributed by atoms with Crippen molar-refractivity contribution in [3.05, 3.63) is 0 Å². The van der Waals surface area contributed by atoms with Crippen LogP contribution in [0.1, 0.15) is 117 Å². The molecule has 0 aromatic rings. The van der Waals surface area contributed by atoms with Gasteiger partial charge in [0.1, 0.15) is 0 Å². The van der Waals surface area contributed by atoms with Gasteiger partial charge in [-0.25, -0.2) is 0 Å². The minimum absolute atomic E-state index is 1.37. The molecule has 0 atom stereocenters. The molecule has 134 valence electrons. The lowest BCUT2D eigenvalue weighted by Crippen LogP contribution is -2.07. The standard InChI is InChI=1S/C18H38.BH3O3/c1-3-5-7-9-11-13-15-17-18-16-14-12-10-8-6-4-2;2-1(3)4/h3-18H2,1-2H3;2-4H. The summed E-state index contributed by atoms with van der Waals surface area (Å²) in [6, 6.07) is 0. The Hall–Kier alpha value is -0.0551. The van der Waals surface area contributed by atoms with Crippen LogP contribution < -0.4 is 0 Å². The molecule has 3 N–H and O–H groups in total. The van der Waals surface area contributed by atoms with Crippen LogP contribution in [0.4, 0.5) is 0 Å². The van der Waals surface area contributed by atoms with Gasteiger partial charge < -0.3 is 15.1 Å². The van der Waals surface area contributed by atoms with Crippen LogP contribution in [-0.4, -0.2) is 22.4 Å². The van der Waals surface area contributed by atoms with E-state index < -0.39 is 7.32 Å². The van der Waals surface area contributed by atoms with Crippen LogP contribution in [0.5, 0.6) is 0 Å². The van der Waals surface area contributed by atoms with Crippen LogP contribution in [0.3, 0.4) is 0 Å². The lowest BCUT2D eigenvalue weighted by molar-refractivity contribution is 0.278. The maximum atomic E-state index is 7.17. The largest absolute Gasteiger partial charge is 0.631 e. The molecule has 0 aromatic carbocycles. The topological polar surface area (TPSA) is 60.7 Å². The second kappa shape index (κ2) is 23.2. The van der Waals surface area contributed by atoms with Gasteiger partial charge in [0.05, 0.1) is 0 Å². The minimum atomic E-state index is -2.17. The number of hydrogen-bond donors (Lipinski definition) is 3. The number of hydrogen-bond acceptors (Lipinski definition) is 3. The Kier molecular flexibility index (Phi) is 25.5. The van der Waals surface area contributed by atoms with Gasteiger partial charge in [0.15, 0.2) is 0 Å². The van der Waals surface area contributed by atoms with Gasteiger partial charge >= 0.3 is 7.32 Å². The van der Waals surface area contributed by atoms with E-state index in [2.05, 4.69) is 13.8 Å². The molecule has 22 heavy (non-hydrogen) atoms. The molecule has 0 bridgehead atoms. The molecule has 0 radical (unpaired) electrons. The lowest BCUT2D eigenvalue weighted by Gasteiger charge is -2.03. The second-order valence-electron chi connectivity index (χ2n) is 6.30. The van der Waals surface area contributed by atoms with E-state index in [9.17, 15) is 0 Å². The maximum Gasteiger partial charge on any atom is 0.631 e. The summed E-state index contributed by atoms with van der Waals surface area (Å²) in [6.07, 6.45) is 23.4. The molecule has 0 heterocycles. The minimum Gasteiger partial charge on any atom is -0.402 e. The molecule has 0 aliphatic rings. The van der Waals surface area contributed by atoms with Gasteiger partial charge in [-0.05, 0) is 0 Å². The Balaban J connectivity index is 0. The molecule has 0 spiro atoms. The van der Waals surface area contributed by atoms with Gasteiger partial charge in [-0.3, -0.25) is 0 Å². The fourth-order valence-electron chi connectivity index (χ4n) is 2.62. The zero-order chi connectivity index (χ0) is 16.9. The SMILES string of the molecule is CCCCCCCCCCCCCCCCCC.OB(O)O. The Bertz CT molecular complexity index is 159. The lowest BCUT2D eigenvalue weighted by atomic mass is 10.0. The second-order valence-corrected chi connectivity index (χ2v) is 6.30. The van der Waals surface area contributed by atoms with Gasteiger partial charge in [-0.2, -0.15) is 0 Å². The number of rotatable bonds is 15. The van der Waals surface area contributed by atoms with E-state index in [0.29, 0.717) is 0 Å². The van der Waals surface area contributed by atoms with Gasteiger partial charge in [-0.15, -0.1) is 0 Å². The monoisotopic (exact) mass is 316 g/mol. The van der Waals surface area contributed by atoms with E-state index in [0.717, 1.165) is 0 Å². The highest BCUT2D eigenvalue weighted by atomic mass is 16.5. The average molecular weight is 316 g/mol. The molecule has 4 heteroatoms. The van der Waals surface area contributed by atoms with Crippen LogP contribution in [0.15, 0.2) is 0 Å². The van der Waals surface area contributed by atoms with Crippen molar-refractivity contribution in [2.45, 2.75) is 117 Å². The first-order valence-electron chi connectivity index (χ1n) is 9.69. The summed E-state index contributed by atoms with van der Waals surface area (Å²) >= 11 is 0. The van der Waals surface area contributed by atoms with Gasteiger partial charge in [0.2, 0.25) is 0 Å². The van der Waals surface area contributed by atoms with Gasteiger partial charge in [-0.1, -0.05) is 117 Å². The Morgan fingerprint density at radius 1 is 0.409 bits per heavy atom. The summed E-state index contributed by atoms with van der Waals surface area (Å²) in [5.74, 6) is 0. The third kappa shape index (κ3) is 32.1. The number of unbranched alkanes of at least 4 members (excludes halogenated alkanes) is 15. The van der Waals surface area contributed by atoms with E-state index >= 15 is 0 Å². The highest BCUT2D eigenvalue weighted by Gasteiger charge is 1.94. The average Bonchev–Trinajstić information content (AvgIpc) is 2.47. The van der Waals surface area contributed by atoms with Crippen molar-refractivity contribution in [3.8, 4) is 0 Å². The fraction of sp³-hybridized carbons (Fsp3) is 1.00.